The number of carbonyl (C=O) groups is 3. The summed E-state index contributed by atoms with van der Waals surface area (Å²) in [5.41, 5.74) is 1.75. The maximum absolute atomic E-state index is 12.8. The zero-order valence-electron chi connectivity index (χ0n) is 16.0. The summed E-state index contributed by atoms with van der Waals surface area (Å²) < 4.78 is 4.92. The lowest BCUT2D eigenvalue weighted by Crippen LogP contribution is -2.57. The number of hydrogen-bond acceptors (Lipinski definition) is 6. The van der Waals surface area contributed by atoms with E-state index < -0.39 is 6.10 Å². The average Bonchev–Trinajstić information content (AvgIpc) is 3.32. The van der Waals surface area contributed by atoms with Gasteiger partial charge in [0.15, 0.2) is 5.69 Å². The van der Waals surface area contributed by atoms with Crippen molar-refractivity contribution >= 4 is 34.9 Å². The Morgan fingerprint density at radius 3 is 2.83 bits per heavy atom. The van der Waals surface area contributed by atoms with Gasteiger partial charge in [0.1, 0.15) is 6.10 Å². The third kappa shape index (κ3) is 3.25. The van der Waals surface area contributed by atoms with Gasteiger partial charge in [0.05, 0.1) is 18.5 Å². The van der Waals surface area contributed by atoms with Crippen LogP contribution < -0.4 is 10.2 Å². The van der Waals surface area contributed by atoms with Crippen molar-refractivity contribution in [3.8, 4) is 0 Å². The molecule has 9 heteroatoms. The lowest BCUT2D eigenvalue weighted by Gasteiger charge is -2.44. The minimum absolute atomic E-state index is 0.101. The molecule has 5 heterocycles. The predicted molar refractivity (Wildman–Crippen MR) is 104 cm³/mol. The van der Waals surface area contributed by atoms with Gasteiger partial charge in [0.25, 0.3) is 12.4 Å². The molecule has 9 nitrogen and oxygen atoms in total. The molecule has 2 atom stereocenters. The van der Waals surface area contributed by atoms with Gasteiger partial charge in [0, 0.05) is 23.7 Å². The molecule has 1 aromatic heterocycles. The molecule has 0 aliphatic carbocycles. The first-order valence-electron chi connectivity index (χ1n) is 10.0. The molecule has 0 saturated carbocycles. The van der Waals surface area contributed by atoms with E-state index in [0.717, 1.165) is 37.9 Å². The minimum atomic E-state index is -0.430. The van der Waals surface area contributed by atoms with Crippen LogP contribution >= 0.6 is 0 Å². The average molecular weight is 397 g/mol. The largest absolute Gasteiger partial charge is 0.462 e. The first-order chi connectivity index (χ1) is 14.1. The number of aromatic amines is 1. The van der Waals surface area contributed by atoms with Gasteiger partial charge < -0.3 is 19.9 Å². The van der Waals surface area contributed by atoms with Crippen LogP contribution in [0.5, 0.6) is 0 Å². The second kappa shape index (κ2) is 7.14. The van der Waals surface area contributed by atoms with Gasteiger partial charge in [-0.3, -0.25) is 19.5 Å². The number of amides is 2. The highest BCUT2D eigenvalue weighted by molar-refractivity contribution is 6.06. The molecule has 4 saturated heterocycles. The van der Waals surface area contributed by atoms with E-state index in [1.165, 1.54) is 0 Å². The lowest BCUT2D eigenvalue weighted by atomic mass is 9.84. The van der Waals surface area contributed by atoms with Crippen molar-refractivity contribution in [2.45, 2.75) is 31.4 Å². The van der Waals surface area contributed by atoms with E-state index in [4.69, 9.17) is 4.74 Å². The smallest absolute Gasteiger partial charge is 0.293 e. The molecule has 2 amide bonds. The number of rotatable bonds is 5. The maximum Gasteiger partial charge on any atom is 0.293 e. The topological polar surface area (TPSA) is 108 Å². The number of nitrogens with zero attached hydrogens (tertiary/aromatic N) is 3. The van der Waals surface area contributed by atoms with Crippen LogP contribution in [0.1, 0.15) is 29.8 Å². The quantitative estimate of drug-likeness (QED) is 0.718. The molecule has 152 valence electrons. The predicted octanol–water partition coefficient (Wildman–Crippen LogP) is 0.665. The first kappa shape index (κ1) is 18.1. The number of aromatic nitrogens is 2. The number of piperidine rings is 3. The van der Waals surface area contributed by atoms with Gasteiger partial charge in [-0.25, -0.2) is 0 Å². The highest BCUT2D eigenvalue weighted by Crippen LogP contribution is 2.29. The number of anilines is 1. The van der Waals surface area contributed by atoms with E-state index in [1.54, 1.807) is 23.1 Å². The summed E-state index contributed by atoms with van der Waals surface area (Å²) in [7, 11) is 0. The van der Waals surface area contributed by atoms with Gasteiger partial charge in [-0.1, -0.05) is 0 Å². The molecule has 0 spiro atoms. The third-order valence-electron chi connectivity index (χ3n) is 6.38. The van der Waals surface area contributed by atoms with Crippen LogP contribution in [0.3, 0.4) is 0 Å². The second-order valence-corrected chi connectivity index (χ2v) is 8.08. The first-order valence-corrected chi connectivity index (χ1v) is 10.0. The zero-order valence-corrected chi connectivity index (χ0v) is 16.0. The van der Waals surface area contributed by atoms with Crippen molar-refractivity contribution in [2.24, 2.45) is 5.92 Å². The normalized spacial score (nSPS) is 28.7. The zero-order chi connectivity index (χ0) is 20.0. The summed E-state index contributed by atoms with van der Waals surface area (Å²) in [6.45, 7) is 3.85. The Balaban J connectivity index is 1.33. The van der Waals surface area contributed by atoms with E-state index in [-0.39, 0.29) is 24.3 Å². The molecule has 4 aliphatic rings. The number of ether oxygens (including phenoxy) is 1. The number of fused-ring (bicyclic) bond motifs is 4. The third-order valence-corrected chi connectivity index (χ3v) is 6.38. The Hall–Kier alpha value is -2.94. The summed E-state index contributed by atoms with van der Waals surface area (Å²) in [4.78, 5) is 39.6. The highest BCUT2D eigenvalue weighted by atomic mass is 16.5. The van der Waals surface area contributed by atoms with Gasteiger partial charge >= 0.3 is 0 Å². The van der Waals surface area contributed by atoms with Gasteiger partial charge in [-0.15, -0.1) is 0 Å². The Labute approximate surface area is 167 Å². The molecule has 1 aromatic carbocycles. The molecule has 0 unspecified atom stereocenters. The van der Waals surface area contributed by atoms with Crippen LogP contribution in [0, 0.1) is 5.92 Å². The van der Waals surface area contributed by atoms with Crippen molar-refractivity contribution in [3.63, 3.8) is 0 Å². The Kier molecular flexibility index (Phi) is 4.46. The Morgan fingerprint density at radius 2 is 2.10 bits per heavy atom. The van der Waals surface area contributed by atoms with Crippen molar-refractivity contribution in [3.05, 3.63) is 23.9 Å². The van der Waals surface area contributed by atoms with E-state index in [9.17, 15) is 14.4 Å². The van der Waals surface area contributed by atoms with Crippen LogP contribution in [0.25, 0.3) is 10.9 Å². The van der Waals surface area contributed by atoms with Crippen molar-refractivity contribution in [2.75, 3.05) is 31.1 Å². The van der Waals surface area contributed by atoms with E-state index in [2.05, 4.69) is 20.4 Å². The van der Waals surface area contributed by atoms with Crippen LogP contribution in [-0.4, -0.2) is 71.7 Å². The number of carbonyl (C=O) groups excluding carboxylic acids is 3. The summed E-state index contributed by atoms with van der Waals surface area (Å²) in [6.07, 6.45) is 2.01. The standard InChI is InChI=1S/C20H23N5O4/c26-11-29-14-8-18(27)25(9-14)13-1-2-15-16(7-13)22-23-19(15)20(28)21-17-10-24-5-3-12(17)4-6-24/h1-2,7,11-12,14,17H,3-6,8-10H2,(H,21,28)(H,22,23)/t14-,17+/m0/s1. The van der Waals surface area contributed by atoms with Crippen LogP contribution in [0.15, 0.2) is 18.2 Å². The number of hydrogen-bond donors (Lipinski definition) is 2. The van der Waals surface area contributed by atoms with E-state index >= 15 is 0 Å². The SMILES string of the molecule is O=CO[C@H]1CC(=O)N(c2ccc3c(C(=O)N[C@@H]4CN5CCC4CC5)n[nH]c3c2)C1. The summed E-state index contributed by atoms with van der Waals surface area (Å²) in [5, 5.41) is 11.0. The molecular formula is C20H23N5O4. The lowest BCUT2D eigenvalue weighted by molar-refractivity contribution is -0.133. The maximum atomic E-state index is 12.8. The molecule has 4 fully saturated rings. The van der Waals surface area contributed by atoms with Gasteiger partial charge in [0.2, 0.25) is 5.91 Å². The van der Waals surface area contributed by atoms with Crippen molar-refractivity contribution < 1.29 is 19.1 Å². The molecule has 4 aliphatic heterocycles. The van der Waals surface area contributed by atoms with Crippen LogP contribution in [-0.2, 0) is 14.3 Å². The Bertz CT molecular complexity index is 965. The fraction of sp³-hybridized carbons (Fsp3) is 0.500. The molecule has 6 rings (SSSR count). The van der Waals surface area contributed by atoms with Crippen molar-refractivity contribution in [1.29, 1.82) is 0 Å². The Morgan fingerprint density at radius 1 is 1.28 bits per heavy atom. The number of benzene rings is 1. The molecule has 29 heavy (non-hydrogen) atoms. The van der Waals surface area contributed by atoms with E-state index in [1.807, 2.05) is 0 Å². The van der Waals surface area contributed by atoms with Gasteiger partial charge in [-0.2, -0.15) is 5.10 Å². The number of H-pyrrole nitrogens is 1. The van der Waals surface area contributed by atoms with E-state index in [0.29, 0.717) is 35.8 Å². The minimum Gasteiger partial charge on any atom is -0.462 e. The summed E-state index contributed by atoms with van der Waals surface area (Å²) >= 11 is 0. The molecule has 2 N–H and O–H groups in total. The molecule has 2 aromatic rings. The molecule has 2 bridgehead atoms. The van der Waals surface area contributed by atoms with Gasteiger partial charge in [-0.05, 0) is 50.0 Å². The van der Waals surface area contributed by atoms with Crippen LogP contribution in [0.2, 0.25) is 0 Å². The monoisotopic (exact) mass is 397 g/mol. The van der Waals surface area contributed by atoms with Crippen LogP contribution in [0.4, 0.5) is 5.69 Å². The fourth-order valence-electron chi connectivity index (χ4n) is 4.81. The highest BCUT2D eigenvalue weighted by Gasteiger charge is 2.36. The number of nitrogens with one attached hydrogen (secondary N) is 2. The van der Waals surface area contributed by atoms with Crippen molar-refractivity contribution in [1.82, 2.24) is 20.4 Å². The molecular weight excluding hydrogens is 374 g/mol. The second-order valence-electron chi connectivity index (χ2n) is 8.08. The molecule has 0 radical (unpaired) electrons. The summed E-state index contributed by atoms with van der Waals surface area (Å²) in [6, 6.07) is 5.58. The summed E-state index contributed by atoms with van der Waals surface area (Å²) in [5.74, 6) is 0.277. The fourth-order valence-corrected chi connectivity index (χ4v) is 4.81.